The Kier molecular flexibility index (Phi) is 4.22. The number of carboxylic acids is 1. The van der Waals surface area contributed by atoms with Gasteiger partial charge in [-0.15, -0.1) is 0 Å². The van der Waals surface area contributed by atoms with E-state index in [2.05, 4.69) is 0 Å². The van der Waals surface area contributed by atoms with Crippen LogP contribution in [0.25, 0.3) is 0 Å². The number of rotatable bonds is 4. The molecule has 6 heteroatoms. The van der Waals surface area contributed by atoms with Gasteiger partial charge in [-0.2, -0.15) is 0 Å². The fourth-order valence-electron chi connectivity index (χ4n) is 2.84. The van der Waals surface area contributed by atoms with Gasteiger partial charge >= 0.3 is 5.97 Å². The van der Waals surface area contributed by atoms with Crippen LogP contribution in [0.4, 0.5) is 0 Å². The molecular formula is C14H18N2O4. The van der Waals surface area contributed by atoms with Crippen LogP contribution in [0.5, 0.6) is 0 Å². The third kappa shape index (κ3) is 2.74. The van der Waals surface area contributed by atoms with Gasteiger partial charge in [0.2, 0.25) is 5.70 Å². The number of carbonyl (C=O) groups is 1. The molecular weight excluding hydrogens is 260 g/mol. The summed E-state index contributed by atoms with van der Waals surface area (Å²) >= 11 is 0. The van der Waals surface area contributed by atoms with Crippen molar-refractivity contribution in [2.24, 2.45) is 5.92 Å². The first-order valence-electron chi connectivity index (χ1n) is 6.77. The smallest absolute Gasteiger partial charge is 0.337 e. The second-order valence-electron chi connectivity index (χ2n) is 4.97. The van der Waals surface area contributed by atoms with Gasteiger partial charge in [0.05, 0.1) is 10.5 Å². The molecule has 1 unspecified atom stereocenters. The zero-order chi connectivity index (χ0) is 14.7. The van der Waals surface area contributed by atoms with Crippen LogP contribution in [-0.4, -0.2) is 34.0 Å². The van der Waals surface area contributed by atoms with Crippen LogP contribution >= 0.6 is 0 Å². The number of likely N-dealkylation sites (N-methyl/N-ethyl adjacent to an activating group) is 1. The summed E-state index contributed by atoms with van der Waals surface area (Å²) in [7, 11) is 0. The molecule has 1 heterocycles. The van der Waals surface area contributed by atoms with Crippen molar-refractivity contribution in [1.29, 1.82) is 0 Å². The Hall–Kier alpha value is -2.11. The summed E-state index contributed by atoms with van der Waals surface area (Å²) in [6.07, 6.45) is 6.69. The van der Waals surface area contributed by atoms with Gasteiger partial charge < -0.3 is 10.0 Å². The van der Waals surface area contributed by atoms with Gasteiger partial charge in [-0.1, -0.05) is 6.08 Å². The maximum atomic E-state index is 11.4. The molecule has 0 aromatic heterocycles. The van der Waals surface area contributed by atoms with Gasteiger partial charge in [-0.3, -0.25) is 10.1 Å². The molecule has 2 aliphatic rings. The van der Waals surface area contributed by atoms with Gasteiger partial charge in [0.1, 0.15) is 0 Å². The van der Waals surface area contributed by atoms with Gasteiger partial charge in [-0.05, 0) is 31.9 Å². The number of hydrogen-bond donors (Lipinski definition) is 1. The molecule has 1 aliphatic carbocycles. The first-order chi connectivity index (χ1) is 9.54. The quantitative estimate of drug-likeness (QED) is 0.629. The second kappa shape index (κ2) is 5.90. The molecule has 0 radical (unpaired) electrons. The Bertz CT molecular complexity index is 519. The van der Waals surface area contributed by atoms with Gasteiger partial charge in [-0.25, -0.2) is 4.79 Å². The minimum atomic E-state index is -0.932. The van der Waals surface area contributed by atoms with E-state index in [0.717, 1.165) is 12.2 Å². The number of nitrogens with zero attached hydrogens (tertiary/aromatic N) is 2. The van der Waals surface area contributed by atoms with Crippen LogP contribution in [0.3, 0.4) is 0 Å². The molecule has 1 atom stereocenters. The van der Waals surface area contributed by atoms with Crippen LogP contribution in [0.15, 0.2) is 35.2 Å². The lowest BCUT2D eigenvalue weighted by atomic mass is 9.86. The highest BCUT2D eigenvalue weighted by Crippen LogP contribution is 2.34. The summed E-state index contributed by atoms with van der Waals surface area (Å²) in [5.74, 6) is -0.881. The predicted octanol–water partition coefficient (Wildman–Crippen LogP) is 2.18. The van der Waals surface area contributed by atoms with Crippen molar-refractivity contribution in [2.45, 2.75) is 26.2 Å². The Labute approximate surface area is 117 Å². The zero-order valence-electron chi connectivity index (χ0n) is 11.4. The van der Waals surface area contributed by atoms with Crippen LogP contribution in [0, 0.1) is 16.0 Å². The van der Waals surface area contributed by atoms with Crippen molar-refractivity contribution in [3.63, 3.8) is 0 Å². The molecule has 0 aromatic carbocycles. The molecule has 1 aliphatic heterocycles. The third-order valence-corrected chi connectivity index (χ3v) is 3.85. The van der Waals surface area contributed by atoms with Crippen LogP contribution in [0.1, 0.15) is 26.2 Å². The molecule has 0 fully saturated rings. The van der Waals surface area contributed by atoms with E-state index in [-0.39, 0.29) is 16.5 Å². The van der Waals surface area contributed by atoms with E-state index < -0.39 is 5.97 Å². The van der Waals surface area contributed by atoms with Gasteiger partial charge in [0.25, 0.3) is 0 Å². The third-order valence-electron chi connectivity index (χ3n) is 3.85. The summed E-state index contributed by atoms with van der Waals surface area (Å²) in [6, 6.07) is 0. The van der Waals surface area contributed by atoms with E-state index in [0.29, 0.717) is 31.4 Å². The molecule has 0 amide bonds. The number of hydrogen-bond acceptors (Lipinski definition) is 4. The minimum absolute atomic E-state index is 0.0506. The Balaban J connectivity index is 2.30. The summed E-state index contributed by atoms with van der Waals surface area (Å²) in [5.41, 5.74) is 1.38. The fraction of sp³-hybridized carbons (Fsp3) is 0.500. The molecule has 6 nitrogen and oxygen atoms in total. The SMILES string of the molecule is CCN1CC=CC(C(=O)O)=C1C1CC=C([N+](=O)[O-])CC1. The maximum absolute atomic E-state index is 11.4. The standard InChI is InChI=1S/C14H18N2O4/c1-2-15-9-3-4-12(14(17)18)13(15)10-5-7-11(8-6-10)16(19)20/h3-4,7,10H,2,5-6,8-9H2,1H3,(H,17,18). The molecule has 0 aromatic rings. The van der Waals surface area contributed by atoms with Crippen molar-refractivity contribution in [1.82, 2.24) is 4.90 Å². The summed E-state index contributed by atoms with van der Waals surface area (Å²) < 4.78 is 0. The largest absolute Gasteiger partial charge is 0.478 e. The summed E-state index contributed by atoms with van der Waals surface area (Å²) in [5, 5.41) is 20.1. The van der Waals surface area contributed by atoms with Gasteiger partial charge in [0, 0.05) is 31.1 Å². The number of carboxylic acid groups (broad SMARTS) is 1. The topological polar surface area (TPSA) is 83.7 Å². The van der Waals surface area contributed by atoms with Crippen molar-refractivity contribution < 1.29 is 14.8 Å². The van der Waals surface area contributed by atoms with Crippen molar-refractivity contribution in [2.75, 3.05) is 13.1 Å². The lowest BCUT2D eigenvalue weighted by Crippen LogP contribution is -2.33. The molecule has 20 heavy (non-hydrogen) atoms. The predicted molar refractivity (Wildman–Crippen MR) is 73.5 cm³/mol. The highest BCUT2D eigenvalue weighted by atomic mass is 16.6. The van der Waals surface area contributed by atoms with E-state index in [1.807, 2.05) is 17.9 Å². The van der Waals surface area contributed by atoms with E-state index >= 15 is 0 Å². The average Bonchev–Trinajstić information content (AvgIpc) is 2.46. The first kappa shape index (κ1) is 14.3. The molecule has 0 bridgehead atoms. The Morgan fingerprint density at radius 1 is 1.60 bits per heavy atom. The number of allylic oxidation sites excluding steroid dienone is 3. The van der Waals surface area contributed by atoms with E-state index in [1.165, 1.54) is 0 Å². The van der Waals surface area contributed by atoms with Crippen molar-refractivity contribution in [3.8, 4) is 0 Å². The van der Waals surface area contributed by atoms with Gasteiger partial charge in [0.15, 0.2) is 0 Å². The molecule has 0 saturated heterocycles. The molecule has 1 N–H and O–H groups in total. The Morgan fingerprint density at radius 2 is 2.35 bits per heavy atom. The highest BCUT2D eigenvalue weighted by Gasteiger charge is 2.30. The van der Waals surface area contributed by atoms with E-state index in [9.17, 15) is 20.0 Å². The van der Waals surface area contributed by atoms with E-state index in [1.54, 1.807) is 12.2 Å². The Morgan fingerprint density at radius 3 is 2.85 bits per heavy atom. The summed E-state index contributed by atoms with van der Waals surface area (Å²) in [4.78, 5) is 23.8. The molecule has 0 spiro atoms. The summed E-state index contributed by atoms with van der Waals surface area (Å²) in [6.45, 7) is 3.42. The fourth-order valence-corrected chi connectivity index (χ4v) is 2.84. The zero-order valence-corrected chi connectivity index (χ0v) is 11.4. The average molecular weight is 278 g/mol. The van der Waals surface area contributed by atoms with E-state index in [4.69, 9.17) is 0 Å². The highest BCUT2D eigenvalue weighted by molar-refractivity contribution is 5.91. The van der Waals surface area contributed by atoms with Crippen LogP contribution in [-0.2, 0) is 4.79 Å². The molecule has 108 valence electrons. The molecule has 0 saturated carbocycles. The number of aliphatic carboxylic acids is 1. The lowest BCUT2D eigenvalue weighted by Gasteiger charge is -2.34. The lowest BCUT2D eigenvalue weighted by molar-refractivity contribution is -0.429. The first-order valence-corrected chi connectivity index (χ1v) is 6.77. The minimum Gasteiger partial charge on any atom is -0.478 e. The van der Waals surface area contributed by atoms with Crippen LogP contribution < -0.4 is 0 Å². The normalized spacial score (nSPS) is 22.8. The monoisotopic (exact) mass is 278 g/mol. The molecule has 2 rings (SSSR count). The second-order valence-corrected chi connectivity index (χ2v) is 4.97. The van der Waals surface area contributed by atoms with Crippen molar-refractivity contribution >= 4 is 5.97 Å². The maximum Gasteiger partial charge on any atom is 0.337 e. The number of nitro groups is 1. The van der Waals surface area contributed by atoms with Crippen molar-refractivity contribution in [3.05, 3.63) is 45.3 Å². The van der Waals surface area contributed by atoms with Crippen LogP contribution in [0.2, 0.25) is 0 Å².